The number of amides is 1. The van der Waals surface area contributed by atoms with Crippen LogP contribution >= 0.6 is 15.9 Å². The van der Waals surface area contributed by atoms with E-state index in [2.05, 4.69) is 15.9 Å². The largest absolute Gasteiger partial charge is 0.464 e. The van der Waals surface area contributed by atoms with E-state index in [1.54, 1.807) is 25.2 Å². The first-order valence-corrected chi connectivity index (χ1v) is 6.50. The van der Waals surface area contributed by atoms with Gasteiger partial charge in [0.15, 0.2) is 0 Å². The third-order valence-corrected chi connectivity index (χ3v) is 2.74. The van der Waals surface area contributed by atoms with Gasteiger partial charge in [0.25, 0.3) is 5.91 Å². The second-order valence-electron chi connectivity index (χ2n) is 3.89. The molecule has 0 spiro atoms. The third kappa shape index (κ3) is 4.49. The van der Waals surface area contributed by atoms with Crippen molar-refractivity contribution in [3.05, 3.63) is 34.3 Å². The lowest BCUT2D eigenvalue weighted by molar-refractivity contribution is -0.144. The Morgan fingerprint density at radius 2 is 2.11 bits per heavy atom. The standard InChI is InChI=1S/C13H16BrNO3/c1-3-7-18-12(16)9-15(2)13(17)10-5-4-6-11(14)8-10/h4-6,8H,3,7,9H2,1-2H3. The molecule has 0 aliphatic rings. The molecule has 0 aliphatic carbocycles. The van der Waals surface area contributed by atoms with E-state index in [0.717, 1.165) is 10.9 Å². The molecule has 5 heteroatoms. The molecule has 0 heterocycles. The van der Waals surface area contributed by atoms with Crippen molar-refractivity contribution in [2.45, 2.75) is 13.3 Å². The molecule has 0 radical (unpaired) electrons. The maximum Gasteiger partial charge on any atom is 0.325 e. The molecule has 0 aromatic heterocycles. The van der Waals surface area contributed by atoms with E-state index in [9.17, 15) is 9.59 Å². The van der Waals surface area contributed by atoms with Crippen molar-refractivity contribution in [3.8, 4) is 0 Å². The number of hydrogen-bond acceptors (Lipinski definition) is 3. The molecule has 0 unspecified atom stereocenters. The highest BCUT2D eigenvalue weighted by molar-refractivity contribution is 9.10. The van der Waals surface area contributed by atoms with Crippen molar-refractivity contribution in [1.29, 1.82) is 0 Å². The minimum Gasteiger partial charge on any atom is -0.464 e. The molecule has 0 fully saturated rings. The molecule has 0 saturated heterocycles. The summed E-state index contributed by atoms with van der Waals surface area (Å²) in [6, 6.07) is 7.05. The van der Waals surface area contributed by atoms with Crippen LogP contribution in [-0.2, 0) is 9.53 Å². The Labute approximate surface area is 115 Å². The van der Waals surface area contributed by atoms with Crippen molar-refractivity contribution in [2.75, 3.05) is 20.2 Å². The minimum atomic E-state index is -0.386. The fourth-order valence-electron chi connectivity index (χ4n) is 1.37. The molecule has 0 bridgehead atoms. The van der Waals surface area contributed by atoms with Crippen LogP contribution in [0, 0.1) is 0 Å². The first-order chi connectivity index (χ1) is 8.54. The van der Waals surface area contributed by atoms with Gasteiger partial charge in [0, 0.05) is 17.1 Å². The normalized spacial score (nSPS) is 9.94. The summed E-state index contributed by atoms with van der Waals surface area (Å²) in [4.78, 5) is 24.7. The summed E-state index contributed by atoms with van der Waals surface area (Å²) in [6.07, 6.45) is 0.773. The Morgan fingerprint density at radius 3 is 2.72 bits per heavy atom. The number of halogens is 1. The zero-order valence-corrected chi connectivity index (χ0v) is 12.1. The van der Waals surface area contributed by atoms with Gasteiger partial charge < -0.3 is 9.64 Å². The lowest BCUT2D eigenvalue weighted by atomic mass is 10.2. The smallest absolute Gasteiger partial charge is 0.325 e. The number of ether oxygens (including phenoxy) is 1. The Balaban J connectivity index is 2.59. The number of nitrogens with zero attached hydrogens (tertiary/aromatic N) is 1. The molecular formula is C13H16BrNO3. The highest BCUT2D eigenvalue weighted by Gasteiger charge is 2.15. The summed E-state index contributed by atoms with van der Waals surface area (Å²) >= 11 is 3.30. The predicted octanol–water partition coefficient (Wildman–Crippen LogP) is 2.47. The van der Waals surface area contributed by atoms with Gasteiger partial charge in [0.2, 0.25) is 0 Å². The van der Waals surface area contributed by atoms with Gasteiger partial charge in [-0.15, -0.1) is 0 Å². The molecule has 4 nitrogen and oxygen atoms in total. The quantitative estimate of drug-likeness (QED) is 0.785. The maximum absolute atomic E-state index is 12.0. The maximum atomic E-state index is 12.0. The SMILES string of the molecule is CCCOC(=O)CN(C)C(=O)c1cccc(Br)c1. The highest BCUT2D eigenvalue weighted by Crippen LogP contribution is 2.13. The first kappa shape index (κ1) is 14.7. The zero-order chi connectivity index (χ0) is 13.5. The van der Waals surface area contributed by atoms with Crippen LogP contribution in [0.15, 0.2) is 28.7 Å². The van der Waals surface area contributed by atoms with Crippen LogP contribution in [0.4, 0.5) is 0 Å². The predicted molar refractivity (Wildman–Crippen MR) is 72.4 cm³/mol. The Morgan fingerprint density at radius 1 is 1.39 bits per heavy atom. The van der Waals surface area contributed by atoms with Crippen LogP contribution in [0.25, 0.3) is 0 Å². The van der Waals surface area contributed by atoms with Crippen LogP contribution in [0.5, 0.6) is 0 Å². The fourth-order valence-corrected chi connectivity index (χ4v) is 1.77. The average molecular weight is 314 g/mol. The van der Waals surface area contributed by atoms with E-state index < -0.39 is 0 Å². The third-order valence-electron chi connectivity index (χ3n) is 2.25. The molecule has 0 atom stereocenters. The summed E-state index contributed by atoms with van der Waals surface area (Å²) in [5.74, 6) is -0.590. The summed E-state index contributed by atoms with van der Waals surface area (Å²) in [5.41, 5.74) is 0.537. The minimum absolute atomic E-state index is 0.0364. The van der Waals surface area contributed by atoms with E-state index in [-0.39, 0.29) is 18.4 Å². The molecule has 0 aliphatic heterocycles. The van der Waals surface area contributed by atoms with Gasteiger partial charge in [0.05, 0.1) is 6.61 Å². The van der Waals surface area contributed by atoms with Gasteiger partial charge in [0.1, 0.15) is 6.54 Å². The summed E-state index contributed by atoms with van der Waals surface area (Å²) in [7, 11) is 1.58. The number of carbonyl (C=O) groups excluding carboxylic acids is 2. The number of carbonyl (C=O) groups is 2. The second-order valence-corrected chi connectivity index (χ2v) is 4.81. The van der Waals surface area contributed by atoms with E-state index in [1.165, 1.54) is 4.90 Å². The fraction of sp³-hybridized carbons (Fsp3) is 0.385. The van der Waals surface area contributed by atoms with Crippen LogP contribution in [0.3, 0.4) is 0 Å². The van der Waals surface area contributed by atoms with Crippen LogP contribution in [-0.4, -0.2) is 37.0 Å². The number of benzene rings is 1. The zero-order valence-electron chi connectivity index (χ0n) is 10.5. The summed E-state index contributed by atoms with van der Waals surface area (Å²) in [5, 5.41) is 0. The van der Waals surface area contributed by atoms with Crippen molar-refractivity contribution < 1.29 is 14.3 Å². The van der Waals surface area contributed by atoms with Crippen molar-refractivity contribution >= 4 is 27.8 Å². The highest BCUT2D eigenvalue weighted by atomic mass is 79.9. The van der Waals surface area contributed by atoms with Gasteiger partial charge in [-0.05, 0) is 24.6 Å². The molecule has 0 saturated carbocycles. The van der Waals surface area contributed by atoms with E-state index >= 15 is 0 Å². The Hall–Kier alpha value is -1.36. The Bertz CT molecular complexity index is 434. The molecular weight excluding hydrogens is 298 g/mol. The number of rotatable bonds is 5. The molecule has 1 aromatic carbocycles. The molecule has 1 rings (SSSR count). The monoisotopic (exact) mass is 313 g/mol. The molecule has 0 N–H and O–H groups in total. The molecule has 1 amide bonds. The molecule has 1 aromatic rings. The number of hydrogen-bond donors (Lipinski definition) is 0. The van der Waals surface area contributed by atoms with Crippen molar-refractivity contribution in [1.82, 2.24) is 4.90 Å². The average Bonchev–Trinajstić information content (AvgIpc) is 2.35. The lowest BCUT2D eigenvalue weighted by Gasteiger charge is -2.16. The van der Waals surface area contributed by atoms with Crippen molar-refractivity contribution in [2.24, 2.45) is 0 Å². The van der Waals surface area contributed by atoms with Crippen LogP contribution in [0.1, 0.15) is 23.7 Å². The van der Waals surface area contributed by atoms with Gasteiger partial charge in [-0.25, -0.2) is 0 Å². The lowest BCUT2D eigenvalue weighted by Crippen LogP contribution is -2.33. The van der Waals surface area contributed by atoms with E-state index in [1.807, 2.05) is 13.0 Å². The topological polar surface area (TPSA) is 46.6 Å². The molecule has 98 valence electrons. The van der Waals surface area contributed by atoms with Gasteiger partial charge in [-0.1, -0.05) is 28.9 Å². The van der Waals surface area contributed by atoms with Gasteiger partial charge >= 0.3 is 5.97 Å². The van der Waals surface area contributed by atoms with Gasteiger partial charge in [-0.2, -0.15) is 0 Å². The number of esters is 1. The van der Waals surface area contributed by atoms with E-state index in [0.29, 0.717) is 12.2 Å². The summed E-state index contributed by atoms with van der Waals surface area (Å²) < 4.78 is 5.76. The Kier molecular flexibility index (Phi) is 5.85. The second kappa shape index (κ2) is 7.16. The first-order valence-electron chi connectivity index (χ1n) is 5.71. The van der Waals surface area contributed by atoms with Crippen LogP contribution < -0.4 is 0 Å². The summed E-state index contributed by atoms with van der Waals surface area (Å²) in [6.45, 7) is 2.27. The van der Waals surface area contributed by atoms with Gasteiger partial charge in [-0.3, -0.25) is 9.59 Å². The number of likely N-dealkylation sites (N-methyl/N-ethyl adjacent to an activating group) is 1. The molecule has 18 heavy (non-hydrogen) atoms. The van der Waals surface area contributed by atoms with Crippen LogP contribution in [0.2, 0.25) is 0 Å². The van der Waals surface area contributed by atoms with Crippen molar-refractivity contribution in [3.63, 3.8) is 0 Å². The van der Waals surface area contributed by atoms with E-state index in [4.69, 9.17) is 4.74 Å².